The molecule has 4 rings (SSSR count). The zero-order valence-corrected chi connectivity index (χ0v) is 15.2. The van der Waals surface area contributed by atoms with Crippen LogP contribution in [0.4, 0.5) is 15.8 Å². The van der Waals surface area contributed by atoms with Gasteiger partial charge in [-0.25, -0.2) is 4.39 Å². The molecule has 29 heavy (non-hydrogen) atoms. The van der Waals surface area contributed by atoms with Gasteiger partial charge in [0.2, 0.25) is 0 Å². The first-order chi connectivity index (χ1) is 14.0. The molecule has 1 heterocycles. The van der Waals surface area contributed by atoms with Crippen LogP contribution >= 0.6 is 0 Å². The van der Waals surface area contributed by atoms with E-state index < -0.39 is 16.6 Å². The molecule has 0 fully saturated rings. The molecule has 1 amide bonds. The minimum absolute atomic E-state index is 0.235. The summed E-state index contributed by atoms with van der Waals surface area (Å²) in [6, 6.07) is 22.0. The van der Waals surface area contributed by atoms with Crippen molar-refractivity contribution in [1.82, 2.24) is 4.57 Å². The van der Waals surface area contributed by atoms with Gasteiger partial charge in [-0.3, -0.25) is 14.9 Å². The van der Waals surface area contributed by atoms with E-state index in [4.69, 9.17) is 0 Å². The van der Waals surface area contributed by atoms with Crippen LogP contribution in [0.1, 0.15) is 16.1 Å². The highest BCUT2D eigenvalue weighted by atomic mass is 19.1. The highest BCUT2D eigenvalue weighted by Crippen LogP contribution is 2.25. The maximum atomic E-state index is 14.1. The van der Waals surface area contributed by atoms with Crippen LogP contribution in [0.3, 0.4) is 0 Å². The molecule has 0 saturated carbocycles. The lowest BCUT2D eigenvalue weighted by atomic mass is 10.2. The second kappa shape index (κ2) is 7.55. The molecule has 0 bridgehead atoms. The largest absolute Gasteiger partial charge is 0.332 e. The van der Waals surface area contributed by atoms with Gasteiger partial charge in [0.15, 0.2) is 0 Å². The summed E-state index contributed by atoms with van der Waals surface area (Å²) in [6.45, 7) is 0.453. The van der Waals surface area contributed by atoms with E-state index in [1.165, 1.54) is 0 Å². The maximum Gasteiger partial charge on any atom is 0.272 e. The van der Waals surface area contributed by atoms with Crippen LogP contribution < -0.4 is 5.32 Å². The molecule has 0 aliphatic rings. The maximum absolute atomic E-state index is 14.1. The van der Waals surface area contributed by atoms with E-state index in [-0.39, 0.29) is 11.4 Å². The Morgan fingerprint density at radius 3 is 2.48 bits per heavy atom. The third-order valence-electron chi connectivity index (χ3n) is 4.64. The van der Waals surface area contributed by atoms with Crippen molar-refractivity contribution in [1.29, 1.82) is 0 Å². The summed E-state index contributed by atoms with van der Waals surface area (Å²) in [6.07, 6.45) is 0. The number of benzene rings is 3. The fourth-order valence-corrected chi connectivity index (χ4v) is 3.24. The molecule has 0 aliphatic carbocycles. The van der Waals surface area contributed by atoms with Crippen molar-refractivity contribution < 1.29 is 14.1 Å². The van der Waals surface area contributed by atoms with Gasteiger partial charge < -0.3 is 9.88 Å². The van der Waals surface area contributed by atoms with Gasteiger partial charge in [-0.2, -0.15) is 0 Å². The number of nitro groups is 1. The summed E-state index contributed by atoms with van der Waals surface area (Å²) in [4.78, 5) is 23.3. The normalized spacial score (nSPS) is 10.8. The van der Waals surface area contributed by atoms with Gasteiger partial charge in [-0.1, -0.05) is 48.5 Å². The zero-order chi connectivity index (χ0) is 20.4. The average molecular weight is 389 g/mol. The number of aromatic nitrogens is 1. The number of carbonyl (C=O) groups is 1. The molecule has 4 aromatic rings. The van der Waals surface area contributed by atoms with Gasteiger partial charge in [-0.15, -0.1) is 0 Å². The Morgan fingerprint density at radius 1 is 1.00 bits per heavy atom. The monoisotopic (exact) mass is 389 g/mol. The Labute approximate surface area is 165 Å². The summed E-state index contributed by atoms with van der Waals surface area (Å²) in [7, 11) is 0. The van der Waals surface area contributed by atoms with Gasteiger partial charge in [0, 0.05) is 29.6 Å². The van der Waals surface area contributed by atoms with Crippen LogP contribution in [0.25, 0.3) is 10.9 Å². The summed E-state index contributed by atoms with van der Waals surface area (Å²) >= 11 is 0. The number of fused-ring (bicyclic) bond motifs is 1. The number of non-ortho nitro benzene ring substituents is 1. The van der Waals surface area contributed by atoms with Gasteiger partial charge in [0.1, 0.15) is 11.5 Å². The van der Waals surface area contributed by atoms with Gasteiger partial charge in [0.05, 0.1) is 10.6 Å². The minimum atomic E-state index is -0.741. The number of nitrogens with zero attached hydrogens (tertiary/aromatic N) is 2. The number of rotatable bonds is 5. The van der Waals surface area contributed by atoms with E-state index in [9.17, 15) is 19.3 Å². The number of nitrogens with one attached hydrogen (secondary N) is 1. The molecule has 6 nitrogen and oxygen atoms in total. The molecule has 1 aromatic heterocycles. The first-order valence-corrected chi connectivity index (χ1v) is 8.90. The molecule has 0 aliphatic heterocycles. The average Bonchev–Trinajstić information content (AvgIpc) is 3.09. The quantitative estimate of drug-likeness (QED) is 0.386. The number of carbonyl (C=O) groups excluding carboxylic acids is 1. The van der Waals surface area contributed by atoms with Crippen molar-refractivity contribution in [2.24, 2.45) is 0 Å². The van der Waals surface area contributed by atoms with E-state index in [1.807, 2.05) is 59.2 Å². The zero-order valence-electron chi connectivity index (χ0n) is 15.2. The van der Waals surface area contributed by atoms with E-state index >= 15 is 0 Å². The number of anilines is 1. The summed E-state index contributed by atoms with van der Waals surface area (Å²) in [5.74, 6) is -1.29. The predicted molar refractivity (Wildman–Crippen MR) is 108 cm³/mol. The number of para-hydroxylation sites is 1. The summed E-state index contributed by atoms with van der Waals surface area (Å²) < 4.78 is 16.0. The number of nitro benzene ring substituents is 1. The van der Waals surface area contributed by atoms with Crippen molar-refractivity contribution in [3.8, 4) is 0 Å². The Hall–Kier alpha value is -4.00. The van der Waals surface area contributed by atoms with Gasteiger partial charge in [0.25, 0.3) is 11.6 Å². The molecule has 0 saturated heterocycles. The molecule has 0 unspecified atom stereocenters. The SMILES string of the molecule is O=C(Nc1cc([N+](=O)[O-])ccc1F)c1cc2ccccc2n1Cc1ccccc1. The third kappa shape index (κ3) is 3.70. The minimum Gasteiger partial charge on any atom is -0.332 e. The second-order valence-electron chi connectivity index (χ2n) is 6.54. The van der Waals surface area contributed by atoms with Crippen molar-refractivity contribution >= 4 is 28.2 Å². The number of amides is 1. The van der Waals surface area contributed by atoms with Gasteiger partial charge >= 0.3 is 0 Å². The van der Waals surface area contributed by atoms with E-state index in [0.29, 0.717) is 12.2 Å². The third-order valence-corrected chi connectivity index (χ3v) is 4.64. The molecule has 1 N–H and O–H groups in total. The molecule has 3 aromatic carbocycles. The Kier molecular flexibility index (Phi) is 4.78. The van der Waals surface area contributed by atoms with Crippen LogP contribution in [0, 0.1) is 15.9 Å². The smallest absolute Gasteiger partial charge is 0.272 e. The fourth-order valence-electron chi connectivity index (χ4n) is 3.24. The standard InChI is InChI=1S/C22H16FN3O3/c23-18-11-10-17(26(28)29)13-19(18)24-22(27)21-12-16-8-4-5-9-20(16)25(21)14-15-6-2-1-3-7-15/h1-13H,14H2,(H,24,27). The topological polar surface area (TPSA) is 77.2 Å². The highest BCUT2D eigenvalue weighted by Gasteiger charge is 2.19. The van der Waals surface area contributed by atoms with Crippen LogP contribution in [-0.4, -0.2) is 15.4 Å². The molecule has 0 radical (unpaired) electrons. The molecular formula is C22H16FN3O3. The van der Waals surface area contributed by atoms with Crippen molar-refractivity contribution in [2.45, 2.75) is 6.54 Å². The van der Waals surface area contributed by atoms with Crippen LogP contribution in [0.15, 0.2) is 78.9 Å². The molecule has 144 valence electrons. The lowest BCUT2D eigenvalue weighted by molar-refractivity contribution is -0.384. The molecular weight excluding hydrogens is 373 g/mol. The van der Waals surface area contributed by atoms with Gasteiger partial charge in [-0.05, 0) is 23.8 Å². The van der Waals surface area contributed by atoms with Crippen molar-refractivity contribution in [2.75, 3.05) is 5.32 Å². The lowest BCUT2D eigenvalue weighted by Crippen LogP contribution is -2.18. The van der Waals surface area contributed by atoms with Crippen LogP contribution in [0.5, 0.6) is 0 Å². The predicted octanol–water partition coefficient (Wildman–Crippen LogP) is 4.99. The number of hydrogen-bond donors (Lipinski definition) is 1. The molecule has 0 atom stereocenters. The molecule has 7 heteroatoms. The Morgan fingerprint density at radius 2 is 1.72 bits per heavy atom. The number of hydrogen-bond acceptors (Lipinski definition) is 3. The van der Waals surface area contributed by atoms with E-state index in [0.717, 1.165) is 34.7 Å². The first-order valence-electron chi connectivity index (χ1n) is 8.90. The number of halogens is 1. The summed E-state index contributed by atoms with van der Waals surface area (Å²) in [5, 5.41) is 14.3. The summed E-state index contributed by atoms with van der Waals surface area (Å²) in [5.41, 5.74) is 1.67. The van der Waals surface area contributed by atoms with E-state index in [2.05, 4.69) is 5.32 Å². The van der Waals surface area contributed by atoms with Crippen LogP contribution in [-0.2, 0) is 6.54 Å². The highest BCUT2D eigenvalue weighted by molar-refractivity contribution is 6.06. The lowest BCUT2D eigenvalue weighted by Gasteiger charge is -2.12. The second-order valence-corrected chi connectivity index (χ2v) is 6.54. The van der Waals surface area contributed by atoms with E-state index in [1.54, 1.807) is 6.07 Å². The Balaban J connectivity index is 1.74. The van der Waals surface area contributed by atoms with Crippen LogP contribution in [0.2, 0.25) is 0 Å². The van der Waals surface area contributed by atoms with Crippen molar-refractivity contribution in [3.63, 3.8) is 0 Å². The first kappa shape index (κ1) is 18.4. The molecule has 0 spiro atoms. The Bertz CT molecular complexity index is 1220. The van der Waals surface area contributed by atoms with Crippen molar-refractivity contribution in [3.05, 3.63) is 106 Å². The fraction of sp³-hybridized carbons (Fsp3) is 0.0455.